The van der Waals surface area contributed by atoms with E-state index in [0.29, 0.717) is 6.42 Å². The van der Waals surface area contributed by atoms with E-state index in [0.717, 1.165) is 23.1 Å². The molecule has 0 fully saturated rings. The average molecular weight is 157 g/mol. The van der Waals surface area contributed by atoms with Crippen LogP contribution in [0.2, 0.25) is 0 Å². The minimum atomic E-state index is 0.0769. The highest BCUT2D eigenvalue weighted by Crippen LogP contribution is 2.19. The van der Waals surface area contributed by atoms with Crippen LogP contribution in [0.15, 0.2) is 18.2 Å². The Morgan fingerprint density at radius 1 is 1.33 bits per heavy atom. The second-order valence-corrected chi connectivity index (χ2v) is 2.92. The minimum Gasteiger partial charge on any atom is -0.326 e. The Morgan fingerprint density at radius 2 is 2.17 bits per heavy atom. The van der Waals surface area contributed by atoms with E-state index in [1.807, 2.05) is 18.2 Å². The third-order valence-electron chi connectivity index (χ3n) is 2.09. The molecule has 0 spiro atoms. The van der Waals surface area contributed by atoms with Gasteiger partial charge in [0, 0.05) is 12.1 Å². The average Bonchev–Trinajstić information content (AvgIpc) is 2.04. The molecule has 2 radical (unpaired) electrons. The molecule has 0 unspecified atom stereocenters. The Kier molecular flexibility index (Phi) is 1.64. The van der Waals surface area contributed by atoms with Crippen molar-refractivity contribution in [1.82, 2.24) is 0 Å². The number of rotatable bonds is 0. The van der Waals surface area contributed by atoms with E-state index in [4.69, 9.17) is 7.85 Å². The number of benzene rings is 1. The first-order chi connectivity index (χ1) is 5.77. The van der Waals surface area contributed by atoms with Gasteiger partial charge in [-0.2, -0.15) is 0 Å². The highest BCUT2D eigenvalue weighted by Gasteiger charge is 2.14. The zero-order valence-corrected chi connectivity index (χ0v) is 6.63. The van der Waals surface area contributed by atoms with E-state index >= 15 is 0 Å². The third-order valence-corrected chi connectivity index (χ3v) is 2.09. The van der Waals surface area contributed by atoms with E-state index in [-0.39, 0.29) is 5.91 Å². The van der Waals surface area contributed by atoms with E-state index in [1.165, 1.54) is 0 Å². The van der Waals surface area contributed by atoms with Crippen LogP contribution in [0.25, 0.3) is 0 Å². The minimum absolute atomic E-state index is 0.0769. The van der Waals surface area contributed by atoms with Crippen LogP contribution in [0.3, 0.4) is 0 Å². The molecule has 0 atom stereocenters. The first kappa shape index (κ1) is 7.41. The molecule has 0 bridgehead atoms. The van der Waals surface area contributed by atoms with Crippen LogP contribution in [0.5, 0.6) is 0 Å². The number of nitrogens with one attached hydrogen (secondary N) is 1. The number of hydrogen-bond donors (Lipinski definition) is 1. The maximum absolute atomic E-state index is 11.0. The van der Waals surface area contributed by atoms with Crippen molar-refractivity contribution in [3.05, 3.63) is 23.8 Å². The summed E-state index contributed by atoms with van der Waals surface area (Å²) in [7, 11) is 5.74. The van der Waals surface area contributed by atoms with Crippen LogP contribution in [-0.2, 0) is 11.2 Å². The van der Waals surface area contributed by atoms with Crippen LogP contribution in [0.1, 0.15) is 12.0 Å². The lowest BCUT2D eigenvalue weighted by Crippen LogP contribution is -2.24. The summed E-state index contributed by atoms with van der Waals surface area (Å²) in [5.41, 5.74) is 2.70. The summed E-state index contributed by atoms with van der Waals surface area (Å²) >= 11 is 0. The van der Waals surface area contributed by atoms with Crippen molar-refractivity contribution in [3.63, 3.8) is 0 Å². The number of amides is 1. The molecule has 0 saturated heterocycles. The Hall–Kier alpha value is -1.25. The van der Waals surface area contributed by atoms with Crippen molar-refractivity contribution in [2.45, 2.75) is 12.8 Å². The van der Waals surface area contributed by atoms with Crippen molar-refractivity contribution in [3.8, 4) is 0 Å². The maximum Gasteiger partial charge on any atom is 0.224 e. The fourth-order valence-electron chi connectivity index (χ4n) is 1.45. The fourth-order valence-corrected chi connectivity index (χ4v) is 1.45. The molecular formula is C9H8BNO. The fraction of sp³-hybridized carbons (Fsp3) is 0.222. The Labute approximate surface area is 72.4 Å². The quantitative estimate of drug-likeness (QED) is 0.541. The van der Waals surface area contributed by atoms with Gasteiger partial charge in [0.15, 0.2) is 0 Å². The second kappa shape index (κ2) is 2.66. The van der Waals surface area contributed by atoms with Crippen molar-refractivity contribution in [2.75, 3.05) is 5.32 Å². The Balaban J connectivity index is 2.48. The van der Waals surface area contributed by atoms with Crippen LogP contribution in [0.4, 0.5) is 5.69 Å². The number of carbonyl (C=O) groups excluding carboxylic acids is 1. The number of fused-ring (bicyclic) bond motifs is 1. The zero-order chi connectivity index (χ0) is 8.55. The summed E-state index contributed by atoms with van der Waals surface area (Å²) in [6.45, 7) is 0. The van der Waals surface area contributed by atoms with Crippen molar-refractivity contribution in [2.24, 2.45) is 0 Å². The molecular weight excluding hydrogens is 149 g/mol. The summed E-state index contributed by atoms with van der Waals surface area (Å²) in [6, 6.07) is 5.58. The molecule has 1 aromatic rings. The van der Waals surface area contributed by atoms with Gasteiger partial charge >= 0.3 is 0 Å². The van der Waals surface area contributed by atoms with Crippen molar-refractivity contribution in [1.29, 1.82) is 0 Å². The second-order valence-electron chi connectivity index (χ2n) is 2.92. The van der Waals surface area contributed by atoms with E-state index in [1.54, 1.807) is 0 Å². The molecule has 1 aliphatic heterocycles. The molecule has 1 aliphatic rings. The topological polar surface area (TPSA) is 29.1 Å². The lowest BCUT2D eigenvalue weighted by molar-refractivity contribution is -0.116. The van der Waals surface area contributed by atoms with Gasteiger partial charge in [-0.05, 0) is 18.1 Å². The number of carbonyl (C=O) groups is 1. The Bertz CT molecular complexity index is 335. The van der Waals surface area contributed by atoms with Crippen LogP contribution >= 0.6 is 0 Å². The molecule has 1 N–H and O–H groups in total. The van der Waals surface area contributed by atoms with Gasteiger partial charge < -0.3 is 5.32 Å². The highest BCUT2D eigenvalue weighted by molar-refractivity contribution is 6.34. The lowest BCUT2D eigenvalue weighted by Gasteiger charge is -2.18. The normalized spacial score (nSPS) is 15.2. The van der Waals surface area contributed by atoms with Gasteiger partial charge in [-0.15, -0.1) is 0 Å². The van der Waals surface area contributed by atoms with Gasteiger partial charge in [-0.3, -0.25) is 4.79 Å². The van der Waals surface area contributed by atoms with E-state index in [9.17, 15) is 4.79 Å². The van der Waals surface area contributed by atoms with Gasteiger partial charge in [0.05, 0.1) is 0 Å². The molecule has 0 saturated carbocycles. The van der Waals surface area contributed by atoms with Gasteiger partial charge in [-0.25, -0.2) is 0 Å². The SMILES string of the molecule is [B]c1cccc2c1CCC(=O)N2. The Morgan fingerprint density at radius 3 is 3.00 bits per heavy atom. The van der Waals surface area contributed by atoms with Crippen LogP contribution in [0, 0.1) is 0 Å². The largest absolute Gasteiger partial charge is 0.326 e. The zero-order valence-electron chi connectivity index (χ0n) is 6.63. The molecule has 0 aromatic heterocycles. The predicted molar refractivity (Wildman–Crippen MR) is 48.8 cm³/mol. The van der Waals surface area contributed by atoms with Gasteiger partial charge in [-0.1, -0.05) is 17.6 Å². The van der Waals surface area contributed by atoms with Crippen LogP contribution in [-0.4, -0.2) is 13.8 Å². The summed E-state index contributed by atoms with van der Waals surface area (Å²) in [6.07, 6.45) is 1.30. The summed E-state index contributed by atoms with van der Waals surface area (Å²) in [4.78, 5) is 11.0. The van der Waals surface area contributed by atoms with E-state index in [2.05, 4.69) is 5.32 Å². The van der Waals surface area contributed by atoms with Crippen molar-refractivity contribution >= 4 is 24.9 Å². The lowest BCUT2D eigenvalue weighted by atomic mass is 9.86. The molecule has 3 heteroatoms. The highest BCUT2D eigenvalue weighted by atomic mass is 16.1. The third kappa shape index (κ3) is 1.11. The molecule has 2 nitrogen and oxygen atoms in total. The number of anilines is 1. The maximum atomic E-state index is 11.0. The number of hydrogen-bond acceptors (Lipinski definition) is 1. The monoisotopic (exact) mass is 157 g/mol. The van der Waals surface area contributed by atoms with Crippen molar-refractivity contribution < 1.29 is 4.79 Å². The molecule has 1 heterocycles. The molecule has 12 heavy (non-hydrogen) atoms. The molecule has 1 aromatic carbocycles. The van der Waals surface area contributed by atoms with Crippen LogP contribution < -0.4 is 10.8 Å². The molecule has 58 valence electrons. The smallest absolute Gasteiger partial charge is 0.224 e. The predicted octanol–water partition coefficient (Wildman–Crippen LogP) is 0.365. The van der Waals surface area contributed by atoms with E-state index < -0.39 is 0 Å². The molecule has 1 amide bonds. The molecule has 2 rings (SSSR count). The summed E-state index contributed by atoms with van der Waals surface area (Å²) < 4.78 is 0. The first-order valence-corrected chi connectivity index (χ1v) is 3.94. The summed E-state index contributed by atoms with van der Waals surface area (Å²) in [5.74, 6) is 0.0769. The van der Waals surface area contributed by atoms with Gasteiger partial charge in [0.2, 0.25) is 5.91 Å². The standard InChI is InChI=1S/C9H8BNO/c10-7-2-1-3-8-6(7)4-5-9(12)11-8/h1-3H,4-5H2,(H,11,12). The molecule has 0 aliphatic carbocycles. The first-order valence-electron chi connectivity index (χ1n) is 3.94. The summed E-state index contributed by atoms with van der Waals surface area (Å²) in [5, 5.41) is 2.78. The van der Waals surface area contributed by atoms with Gasteiger partial charge in [0.25, 0.3) is 0 Å². The van der Waals surface area contributed by atoms with Gasteiger partial charge in [0.1, 0.15) is 7.85 Å².